The van der Waals surface area contributed by atoms with Crippen LogP contribution in [-0.4, -0.2) is 5.78 Å². The summed E-state index contributed by atoms with van der Waals surface area (Å²) in [5.74, 6) is 0.313. The molecule has 0 N–H and O–H groups in total. The van der Waals surface area contributed by atoms with Crippen molar-refractivity contribution in [1.82, 2.24) is 0 Å². The van der Waals surface area contributed by atoms with Crippen LogP contribution < -0.4 is 0 Å². The van der Waals surface area contributed by atoms with Crippen LogP contribution in [0.1, 0.15) is 40.9 Å². The number of benzene rings is 1. The molecule has 0 saturated carbocycles. The number of carbonyl (C=O) groups is 1. The topological polar surface area (TPSA) is 17.1 Å². The summed E-state index contributed by atoms with van der Waals surface area (Å²) in [5.41, 5.74) is 4.54. The van der Waals surface area contributed by atoms with Crippen LogP contribution >= 0.6 is 0 Å². The fourth-order valence-corrected chi connectivity index (χ4v) is 1.51. The van der Waals surface area contributed by atoms with Crippen molar-refractivity contribution >= 4 is 5.78 Å². The molecule has 0 amide bonds. The van der Waals surface area contributed by atoms with E-state index in [1.165, 1.54) is 16.7 Å². The van der Waals surface area contributed by atoms with Gasteiger partial charge in [-0.15, -0.1) is 0 Å². The Morgan fingerprint density at radius 1 is 1.07 bits per heavy atom. The molecule has 0 bridgehead atoms. The van der Waals surface area contributed by atoms with Gasteiger partial charge in [-0.25, -0.2) is 0 Å². The molecule has 0 heterocycles. The minimum atomic E-state index is 0.0801. The van der Waals surface area contributed by atoms with E-state index in [1.807, 2.05) is 26.0 Å². The van der Waals surface area contributed by atoms with E-state index in [4.69, 9.17) is 0 Å². The second kappa shape index (κ2) is 3.95. The summed E-state index contributed by atoms with van der Waals surface area (Å²) in [4.78, 5) is 11.8. The Kier molecular flexibility index (Phi) is 3.10. The lowest BCUT2D eigenvalue weighted by Gasteiger charge is -2.09. The molecule has 14 heavy (non-hydrogen) atoms. The third-order valence-corrected chi connectivity index (χ3v) is 2.74. The molecule has 1 aromatic carbocycles. The average Bonchev–Trinajstić information content (AvgIpc) is 2.12. The molecular weight excluding hydrogens is 172 g/mol. The number of ketones is 1. The molecule has 1 aromatic rings. The van der Waals surface area contributed by atoms with Gasteiger partial charge in [0.1, 0.15) is 0 Å². The van der Waals surface area contributed by atoms with Crippen molar-refractivity contribution in [1.29, 1.82) is 0 Å². The summed E-state index contributed by atoms with van der Waals surface area (Å²) in [5, 5.41) is 0. The summed E-state index contributed by atoms with van der Waals surface area (Å²) in [6, 6.07) is 3.98. The van der Waals surface area contributed by atoms with Crippen molar-refractivity contribution in [3.63, 3.8) is 0 Å². The van der Waals surface area contributed by atoms with Gasteiger partial charge in [0.05, 0.1) is 0 Å². The first-order valence-electron chi connectivity index (χ1n) is 5.05. The normalized spacial score (nSPS) is 10.7. The van der Waals surface area contributed by atoms with Gasteiger partial charge < -0.3 is 0 Å². The molecule has 76 valence electrons. The number of hydrogen-bond acceptors (Lipinski definition) is 1. The van der Waals surface area contributed by atoms with Crippen LogP contribution in [0.2, 0.25) is 0 Å². The van der Waals surface area contributed by atoms with Crippen molar-refractivity contribution in [3.05, 3.63) is 34.4 Å². The largest absolute Gasteiger partial charge is 0.294 e. The highest BCUT2D eigenvalue weighted by Gasteiger charge is 2.11. The maximum atomic E-state index is 11.8. The average molecular weight is 190 g/mol. The van der Waals surface area contributed by atoms with E-state index in [0.717, 1.165) is 5.56 Å². The third kappa shape index (κ3) is 2.03. The minimum absolute atomic E-state index is 0.0801. The molecule has 0 radical (unpaired) electrons. The molecule has 0 aliphatic heterocycles. The zero-order valence-electron chi connectivity index (χ0n) is 9.64. The molecular formula is C13H18O. The SMILES string of the molecule is Cc1cc(C(=O)C(C)C)cc(C)c1C. The van der Waals surface area contributed by atoms with Gasteiger partial charge >= 0.3 is 0 Å². The van der Waals surface area contributed by atoms with Gasteiger partial charge in [0.2, 0.25) is 0 Å². The molecule has 0 unspecified atom stereocenters. The molecule has 0 aliphatic rings. The number of aryl methyl sites for hydroxylation is 2. The standard InChI is InChI=1S/C13H18O/c1-8(2)13(14)12-6-9(3)11(5)10(4)7-12/h6-8H,1-5H3. The van der Waals surface area contributed by atoms with Crippen LogP contribution in [0.3, 0.4) is 0 Å². The van der Waals surface area contributed by atoms with E-state index in [2.05, 4.69) is 20.8 Å². The van der Waals surface area contributed by atoms with E-state index in [1.54, 1.807) is 0 Å². The Balaban J connectivity index is 3.19. The number of Topliss-reactive ketones (excluding diaryl/α,β-unsaturated/α-hetero) is 1. The number of hydrogen-bond donors (Lipinski definition) is 0. The van der Waals surface area contributed by atoms with Crippen molar-refractivity contribution in [3.8, 4) is 0 Å². The summed E-state index contributed by atoms with van der Waals surface area (Å²) in [7, 11) is 0. The Morgan fingerprint density at radius 2 is 1.50 bits per heavy atom. The van der Waals surface area contributed by atoms with E-state index in [0.29, 0.717) is 0 Å². The Labute approximate surface area is 86.1 Å². The lowest BCUT2D eigenvalue weighted by Crippen LogP contribution is -2.08. The van der Waals surface area contributed by atoms with Crippen LogP contribution in [0.4, 0.5) is 0 Å². The zero-order valence-corrected chi connectivity index (χ0v) is 9.64. The molecule has 0 aromatic heterocycles. The molecule has 0 aliphatic carbocycles. The van der Waals surface area contributed by atoms with E-state index < -0.39 is 0 Å². The highest BCUT2D eigenvalue weighted by Crippen LogP contribution is 2.17. The molecule has 0 fully saturated rings. The van der Waals surface area contributed by atoms with Crippen LogP contribution in [-0.2, 0) is 0 Å². The minimum Gasteiger partial charge on any atom is -0.294 e. The Morgan fingerprint density at radius 3 is 1.86 bits per heavy atom. The second-order valence-corrected chi connectivity index (χ2v) is 4.25. The second-order valence-electron chi connectivity index (χ2n) is 4.25. The van der Waals surface area contributed by atoms with Gasteiger partial charge in [-0.3, -0.25) is 4.79 Å². The quantitative estimate of drug-likeness (QED) is 0.653. The predicted octanol–water partition coefficient (Wildman–Crippen LogP) is 3.45. The molecule has 0 atom stereocenters. The van der Waals surface area contributed by atoms with E-state index >= 15 is 0 Å². The van der Waals surface area contributed by atoms with Crippen LogP contribution in [0, 0.1) is 26.7 Å². The highest BCUT2D eigenvalue weighted by molar-refractivity contribution is 5.97. The third-order valence-electron chi connectivity index (χ3n) is 2.74. The van der Waals surface area contributed by atoms with Gasteiger partial charge in [0.25, 0.3) is 0 Å². The smallest absolute Gasteiger partial charge is 0.165 e. The zero-order chi connectivity index (χ0) is 10.9. The predicted molar refractivity (Wildman–Crippen MR) is 59.8 cm³/mol. The van der Waals surface area contributed by atoms with Crippen molar-refractivity contribution in [2.45, 2.75) is 34.6 Å². The van der Waals surface area contributed by atoms with E-state index in [9.17, 15) is 4.79 Å². The Bertz CT molecular complexity index is 338. The summed E-state index contributed by atoms with van der Waals surface area (Å²) in [6.07, 6.45) is 0. The summed E-state index contributed by atoms with van der Waals surface area (Å²) < 4.78 is 0. The monoisotopic (exact) mass is 190 g/mol. The van der Waals surface area contributed by atoms with Crippen molar-refractivity contribution in [2.24, 2.45) is 5.92 Å². The van der Waals surface area contributed by atoms with Gasteiger partial charge in [0.15, 0.2) is 5.78 Å². The maximum Gasteiger partial charge on any atom is 0.165 e. The van der Waals surface area contributed by atoms with E-state index in [-0.39, 0.29) is 11.7 Å². The Hall–Kier alpha value is -1.11. The first-order valence-corrected chi connectivity index (χ1v) is 5.05. The van der Waals surface area contributed by atoms with Crippen LogP contribution in [0.15, 0.2) is 12.1 Å². The highest BCUT2D eigenvalue weighted by atomic mass is 16.1. The van der Waals surface area contributed by atoms with Gasteiger partial charge in [-0.2, -0.15) is 0 Å². The first-order chi connectivity index (χ1) is 6.43. The molecule has 0 saturated heterocycles. The molecule has 1 heteroatoms. The molecule has 1 nitrogen and oxygen atoms in total. The van der Waals surface area contributed by atoms with Gasteiger partial charge in [-0.1, -0.05) is 13.8 Å². The first kappa shape index (κ1) is 11.0. The summed E-state index contributed by atoms with van der Waals surface area (Å²) in [6.45, 7) is 10.1. The van der Waals surface area contributed by atoms with Crippen molar-refractivity contribution < 1.29 is 4.79 Å². The lowest BCUT2D eigenvalue weighted by atomic mass is 9.94. The molecule has 1 rings (SSSR count). The van der Waals surface area contributed by atoms with Crippen LogP contribution in [0.5, 0.6) is 0 Å². The maximum absolute atomic E-state index is 11.8. The fraction of sp³-hybridized carbons (Fsp3) is 0.462. The number of rotatable bonds is 2. The lowest BCUT2D eigenvalue weighted by molar-refractivity contribution is 0.0939. The van der Waals surface area contributed by atoms with Gasteiger partial charge in [-0.05, 0) is 49.6 Å². The molecule has 0 spiro atoms. The van der Waals surface area contributed by atoms with Crippen molar-refractivity contribution in [2.75, 3.05) is 0 Å². The number of carbonyl (C=O) groups excluding carboxylic acids is 1. The van der Waals surface area contributed by atoms with Gasteiger partial charge in [0, 0.05) is 11.5 Å². The van der Waals surface area contributed by atoms with Crippen LogP contribution in [0.25, 0.3) is 0 Å². The summed E-state index contributed by atoms with van der Waals surface area (Å²) >= 11 is 0. The fourth-order valence-electron chi connectivity index (χ4n) is 1.51.